The first-order chi connectivity index (χ1) is 11.1. The van der Waals surface area contributed by atoms with Crippen molar-refractivity contribution in [2.24, 2.45) is 5.92 Å². The molecule has 4 rings (SSSR count). The maximum absolute atomic E-state index is 10.4. The van der Waals surface area contributed by atoms with Crippen molar-refractivity contribution in [3.05, 3.63) is 0 Å². The molecule has 3 heterocycles. The van der Waals surface area contributed by atoms with E-state index in [9.17, 15) is 25.5 Å². The molecule has 24 heavy (non-hydrogen) atoms. The van der Waals surface area contributed by atoms with Crippen LogP contribution in [0.5, 0.6) is 0 Å². The average molecular weight is 348 g/mol. The fourth-order valence-corrected chi connectivity index (χ4v) is 4.19. The van der Waals surface area contributed by atoms with Crippen molar-refractivity contribution in [2.45, 2.75) is 87.7 Å². The second-order valence-electron chi connectivity index (χ2n) is 7.90. The highest BCUT2D eigenvalue weighted by Crippen LogP contribution is 2.51. The third-order valence-electron chi connectivity index (χ3n) is 5.92. The van der Waals surface area contributed by atoms with Crippen LogP contribution in [0.2, 0.25) is 0 Å². The Labute approximate surface area is 141 Å². The summed E-state index contributed by atoms with van der Waals surface area (Å²) < 4.78 is 17.3. The first-order valence-corrected chi connectivity index (χ1v) is 8.44. The minimum Gasteiger partial charge on any atom is -0.394 e. The van der Waals surface area contributed by atoms with Gasteiger partial charge in [-0.05, 0) is 39.5 Å². The van der Waals surface area contributed by atoms with Gasteiger partial charge in [-0.1, -0.05) is 0 Å². The van der Waals surface area contributed by atoms with Crippen LogP contribution in [0.15, 0.2) is 0 Å². The molecule has 8 nitrogen and oxygen atoms in total. The van der Waals surface area contributed by atoms with Gasteiger partial charge in [-0.15, -0.1) is 0 Å². The first-order valence-electron chi connectivity index (χ1n) is 8.44. The number of hydrogen-bond donors (Lipinski definition) is 5. The lowest BCUT2D eigenvalue weighted by molar-refractivity contribution is -0.368. The maximum Gasteiger partial charge on any atom is 0.187 e. The van der Waals surface area contributed by atoms with Gasteiger partial charge in [-0.3, -0.25) is 0 Å². The van der Waals surface area contributed by atoms with E-state index in [4.69, 9.17) is 14.2 Å². The lowest BCUT2D eigenvalue weighted by Crippen LogP contribution is -2.70. The number of fused-ring (bicyclic) bond motifs is 3. The molecule has 2 bridgehead atoms. The van der Waals surface area contributed by atoms with Gasteiger partial charge in [-0.25, -0.2) is 0 Å². The standard InChI is InChI=1S/C16H28O8/c1-15(2)7-4-9(18)16(3,24-15)10(5-7)23-14-13(21)12(20)11(19)8(6-17)22-14/h7-14,17-21H,4-6H2,1-3H3/t7?,8-,9-,10+,11-,12+,13-,14+,16?/m1/s1. The predicted molar refractivity (Wildman–Crippen MR) is 80.9 cm³/mol. The molecule has 0 amide bonds. The summed E-state index contributed by atoms with van der Waals surface area (Å²) in [4.78, 5) is 0. The van der Waals surface area contributed by atoms with E-state index in [0.717, 1.165) is 0 Å². The van der Waals surface area contributed by atoms with Crippen molar-refractivity contribution < 1.29 is 39.7 Å². The Morgan fingerprint density at radius 2 is 1.67 bits per heavy atom. The van der Waals surface area contributed by atoms with Gasteiger partial charge in [0.05, 0.1) is 24.4 Å². The van der Waals surface area contributed by atoms with Crippen molar-refractivity contribution in [3.8, 4) is 0 Å². The molecule has 0 aromatic heterocycles. The molecule has 1 saturated carbocycles. The van der Waals surface area contributed by atoms with E-state index in [2.05, 4.69) is 0 Å². The van der Waals surface area contributed by atoms with Crippen LogP contribution in [0, 0.1) is 5.92 Å². The van der Waals surface area contributed by atoms with Crippen molar-refractivity contribution in [1.29, 1.82) is 0 Å². The Balaban J connectivity index is 1.76. The highest BCUT2D eigenvalue weighted by atomic mass is 16.7. The lowest BCUT2D eigenvalue weighted by atomic mass is 9.65. The van der Waals surface area contributed by atoms with Crippen LogP contribution in [-0.2, 0) is 14.2 Å². The second-order valence-corrected chi connectivity index (χ2v) is 7.90. The minimum absolute atomic E-state index is 0.0872. The molecule has 4 fully saturated rings. The number of aliphatic hydroxyl groups is 5. The minimum atomic E-state index is -1.49. The number of rotatable bonds is 3. The van der Waals surface area contributed by atoms with E-state index in [0.29, 0.717) is 12.8 Å². The smallest absolute Gasteiger partial charge is 0.187 e. The van der Waals surface area contributed by atoms with Crippen LogP contribution < -0.4 is 0 Å². The predicted octanol–water partition coefficient (Wildman–Crippen LogP) is -1.49. The van der Waals surface area contributed by atoms with Crippen molar-refractivity contribution in [3.63, 3.8) is 0 Å². The van der Waals surface area contributed by atoms with Gasteiger partial charge in [0, 0.05) is 0 Å². The van der Waals surface area contributed by atoms with E-state index >= 15 is 0 Å². The quantitative estimate of drug-likeness (QED) is 0.417. The van der Waals surface area contributed by atoms with Gasteiger partial charge in [0.15, 0.2) is 6.29 Å². The number of aliphatic hydroxyl groups excluding tert-OH is 5. The summed E-state index contributed by atoms with van der Waals surface area (Å²) in [6.07, 6.45) is -6.64. The third kappa shape index (κ3) is 2.79. The summed E-state index contributed by atoms with van der Waals surface area (Å²) in [7, 11) is 0. The van der Waals surface area contributed by atoms with Gasteiger partial charge < -0.3 is 39.7 Å². The average Bonchev–Trinajstić information content (AvgIpc) is 2.50. The van der Waals surface area contributed by atoms with E-state index in [1.54, 1.807) is 6.92 Å². The van der Waals surface area contributed by atoms with E-state index in [-0.39, 0.29) is 11.5 Å². The molecule has 2 unspecified atom stereocenters. The largest absolute Gasteiger partial charge is 0.394 e. The summed E-state index contributed by atoms with van der Waals surface area (Å²) in [5.74, 6) is 0.0872. The summed E-state index contributed by atoms with van der Waals surface area (Å²) >= 11 is 0. The Morgan fingerprint density at radius 3 is 2.29 bits per heavy atom. The number of hydrogen-bond acceptors (Lipinski definition) is 8. The van der Waals surface area contributed by atoms with Gasteiger partial charge >= 0.3 is 0 Å². The van der Waals surface area contributed by atoms with Gasteiger partial charge in [0.25, 0.3) is 0 Å². The van der Waals surface area contributed by atoms with Crippen LogP contribution in [0.4, 0.5) is 0 Å². The molecule has 9 atom stereocenters. The van der Waals surface area contributed by atoms with E-state index < -0.39 is 55.1 Å². The lowest BCUT2D eigenvalue weighted by Gasteiger charge is -2.60. The molecule has 0 aromatic carbocycles. The highest BCUT2D eigenvalue weighted by molar-refractivity contribution is 5.08. The van der Waals surface area contributed by atoms with Crippen molar-refractivity contribution in [1.82, 2.24) is 0 Å². The van der Waals surface area contributed by atoms with E-state index in [1.807, 2.05) is 13.8 Å². The molecule has 0 spiro atoms. The maximum atomic E-state index is 10.4. The Morgan fingerprint density at radius 1 is 1.00 bits per heavy atom. The monoisotopic (exact) mass is 348 g/mol. The van der Waals surface area contributed by atoms with Gasteiger partial charge in [0.2, 0.25) is 0 Å². The summed E-state index contributed by atoms with van der Waals surface area (Å²) in [5, 5.41) is 49.5. The number of ether oxygens (including phenoxy) is 3. The molecule has 3 saturated heterocycles. The molecule has 4 aliphatic rings. The molecule has 1 aliphatic carbocycles. The SMILES string of the molecule is CC1(C)OC2(C)[C@H](O)CC1C[C@@H]2O[C@@H]1O[C@H](CO)[C@@H](O)[C@H](O)[C@H]1O. The van der Waals surface area contributed by atoms with Gasteiger partial charge in [-0.2, -0.15) is 0 Å². The van der Waals surface area contributed by atoms with E-state index in [1.165, 1.54) is 0 Å². The fraction of sp³-hybridized carbons (Fsp3) is 1.00. The Kier molecular flexibility index (Phi) is 4.72. The van der Waals surface area contributed by atoms with Crippen LogP contribution in [0.3, 0.4) is 0 Å². The zero-order valence-corrected chi connectivity index (χ0v) is 14.2. The van der Waals surface area contributed by atoms with Crippen molar-refractivity contribution >= 4 is 0 Å². The molecule has 0 aromatic rings. The Bertz CT molecular complexity index is 469. The van der Waals surface area contributed by atoms with Crippen molar-refractivity contribution in [2.75, 3.05) is 6.61 Å². The summed E-state index contributed by atoms with van der Waals surface area (Å²) in [6.45, 7) is 5.21. The first kappa shape index (κ1) is 18.5. The molecule has 0 radical (unpaired) electrons. The second kappa shape index (κ2) is 6.14. The summed E-state index contributed by atoms with van der Waals surface area (Å²) in [6, 6.07) is 0. The van der Waals surface area contributed by atoms with Crippen LogP contribution >= 0.6 is 0 Å². The van der Waals surface area contributed by atoms with Gasteiger partial charge in [0.1, 0.15) is 30.0 Å². The highest BCUT2D eigenvalue weighted by Gasteiger charge is 2.60. The summed E-state index contributed by atoms with van der Waals surface area (Å²) in [5.41, 5.74) is -1.35. The van der Waals surface area contributed by atoms with Crippen LogP contribution in [-0.4, -0.2) is 86.3 Å². The molecule has 140 valence electrons. The molecular formula is C16H28O8. The molecule has 3 aliphatic heterocycles. The van der Waals surface area contributed by atoms with Crippen LogP contribution in [0.1, 0.15) is 33.6 Å². The zero-order chi connectivity index (χ0) is 17.9. The fourth-order valence-electron chi connectivity index (χ4n) is 4.19. The zero-order valence-electron chi connectivity index (χ0n) is 14.2. The Hall–Kier alpha value is -0.320. The van der Waals surface area contributed by atoms with Crippen LogP contribution in [0.25, 0.3) is 0 Å². The normalized spacial score (nSPS) is 54.0. The third-order valence-corrected chi connectivity index (χ3v) is 5.92. The topological polar surface area (TPSA) is 129 Å². The molecule has 8 heteroatoms. The molecule has 5 N–H and O–H groups in total. The molecular weight excluding hydrogens is 320 g/mol.